The highest BCUT2D eigenvalue weighted by Gasteiger charge is 2.54. The van der Waals surface area contributed by atoms with Crippen molar-refractivity contribution in [2.45, 2.75) is 43.7 Å². The number of benzene rings is 2. The lowest BCUT2D eigenvalue weighted by Crippen LogP contribution is -2.73. The molecule has 3 fully saturated rings. The van der Waals surface area contributed by atoms with E-state index in [0.717, 1.165) is 11.1 Å². The first-order valence-corrected chi connectivity index (χ1v) is 11.8. The summed E-state index contributed by atoms with van der Waals surface area (Å²) in [5.74, 6) is 7.07. The standard InChI is InChI=1S/C27H29N3O3/c31-18-24-26(21-14-12-20(13-15-21)11-10-19-6-4-5-7-19)23-16-29(17-25(32)30(23)24)27(33)28-22-8-2-1-3-9-22/h1-3,8-9,12-15,19,23-24,26,31H,4-7,16-18H2,(H,28,33)/t23-,24+,26-/m1/s1. The van der Waals surface area contributed by atoms with Gasteiger partial charge in [0.1, 0.15) is 6.54 Å². The second-order valence-corrected chi connectivity index (χ2v) is 9.19. The Morgan fingerprint density at radius 2 is 1.79 bits per heavy atom. The summed E-state index contributed by atoms with van der Waals surface area (Å²) >= 11 is 0. The number of hydrogen-bond donors (Lipinski definition) is 2. The molecule has 6 heteroatoms. The van der Waals surface area contributed by atoms with Crippen LogP contribution in [0.3, 0.4) is 0 Å². The van der Waals surface area contributed by atoms with Crippen LogP contribution in [-0.4, -0.2) is 58.6 Å². The van der Waals surface area contributed by atoms with E-state index in [-0.39, 0.29) is 43.1 Å². The number of carbonyl (C=O) groups is 2. The van der Waals surface area contributed by atoms with E-state index in [9.17, 15) is 14.7 Å². The van der Waals surface area contributed by atoms with E-state index in [2.05, 4.69) is 29.3 Å². The fraction of sp³-hybridized carbons (Fsp3) is 0.407. The second kappa shape index (κ2) is 9.29. The Balaban J connectivity index is 1.29. The molecule has 33 heavy (non-hydrogen) atoms. The molecule has 0 aromatic heterocycles. The molecule has 170 valence electrons. The Hall–Kier alpha value is -3.30. The monoisotopic (exact) mass is 443 g/mol. The third-order valence-electron chi connectivity index (χ3n) is 7.14. The van der Waals surface area contributed by atoms with Crippen LogP contribution in [0.1, 0.15) is 42.7 Å². The Morgan fingerprint density at radius 1 is 1.06 bits per heavy atom. The molecule has 2 heterocycles. The molecule has 2 aromatic carbocycles. The number of urea groups is 1. The van der Waals surface area contributed by atoms with Crippen LogP contribution < -0.4 is 5.32 Å². The first-order chi connectivity index (χ1) is 16.1. The van der Waals surface area contributed by atoms with Crippen molar-refractivity contribution < 1.29 is 14.7 Å². The zero-order chi connectivity index (χ0) is 22.8. The molecule has 2 aliphatic heterocycles. The van der Waals surface area contributed by atoms with Crippen molar-refractivity contribution in [3.8, 4) is 11.8 Å². The number of nitrogens with one attached hydrogen (secondary N) is 1. The van der Waals surface area contributed by atoms with E-state index in [1.807, 2.05) is 42.5 Å². The maximum Gasteiger partial charge on any atom is 0.322 e. The number of carbonyl (C=O) groups excluding carboxylic acids is 2. The van der Waals surface area contributed by atoms with Crippen LogP contribution in [0.4, 0.5) is 10.5 Å². The number of nitrogens with zero attached hydrogens (tertiary/aromatic N) is 2. The van der Waals surface area contributed by atoms with Gasteiger partial charge in [-0.3, -0.25) is 4.79 Å². The topological polar surface area (TPSA) is 72.9 Å². The van der Waals surface area contributed by atoms with Crippen LogP contribution in [-0.2, 0) is 4.79 Å². The van der Waals surface area contributed by atoms with Gasteiger partial charge in [-0.05, 0) is 42.7 Å². The van der Waals surface area contributed by atoms with Crippen molar-refractivity contribution in [1.82, 2.24) is 9.80 Å². The highest BCUT2D eigenvalue weighted by atomic mass is 16.3. The van der Waals surface area contributed by atoms with Gasteiger partial charge in [-0.2, -0.15) is 0 Å². The number of anilines is 1. The van der Waals surface area contributed by atoms with Crippen molar-refractivity contribution in [3.05, 3.63) is 65.7 Å². The molecular formula is C27H29N3O3. The largest absolute Gasteiger partial charge is 0.394 e. The SMILES string of the molecule is O=C(Nc1ccccc1)N1CC(=O)N2[C@H](C1)[C@@H](c1ccc(C#CC3CCCC3)cc1)[C@@H]2CO. The molecule has 1 aliphatic carbocycles. The number of piperazine rings is 1. The molecule has 3 atom stereocenters. The van der Waals surface area contributed by atoms with E-state index in [0.29, 0.717) is 18.2 Å². The van der Waals surface area contributed by atoms with Crippen molar-refractivity contribution in [2.24, 2.45) is 5.92 Å². The molecule has 0 unspecified atom stereocenters. The highest BCUT2D eigenvalue weighted by molar-refractivity contribution is 5.93. The minimum atomic E-state index is -0.280. The first-order valence-electron chi connectivity index (χ1n) is 11.8. The molecule has 2 N–H and O–H groups in total. The average Bonchev–Trinajstić information content (AvgIpc) is 3.34. The van der Waals surface area contributed by atoms with Gasteiger partial charge in [-0.15, -0.1) is 0 Å². The summed E-state index contributed by atoms with van der Waals surface area (Å²) in [6.45, 7) is 0.370. The van der Waals surface area contributed by atoms with E-state index in [1.165, 1.54) is 25.7 Å². The Kier molecular flexibility index (Phi) is 6.06. The van der Waals surface area contributed by atoms with Crippen LogP contribution >= 0.6 is 0 Å². The van der Waals surface area contributed by atoms with Crippen LogP contribution in [0.5, 0.6) is 0 Å². The van der Waals surface area contributed by atoms with Crippen molar-refractivity contribution >= 4 is 17.6 Å². The van der Waals surface area contributed by atoms with Gasteiger partial charge in [0.2, 0.25) is 5.91 Å². The number of fused-ring (bicyclic) bond motifs is 1. The minimum absolute atomic E-state index is 0.0110. The lowest BCUT2D eigenvalue weighted by molar-refractivity contribution is -0.159. The molecule has 6 nitrogen and oxygen atoms in total. The number of para-hydroxylation sites is 1. The van der Waals surface area contributed by atoms with Gasteiger partial charge in [-0.25, -0.2) is 4.79 Å². The summed E-state index contributed by atoms with van der Waals surface area (Å²) in [5.41, 5.74) is 2.76. The fourth-order valence-electron chi connectivity index (χ4n) is 5.42. The molecule has 1 saturated carbocycles. The minimum Gasteiger partial charge on any atom is -0.394 e. The predicted octanol–water partition coefficient (Wildman–Crippen LogP) is 3.43. The quantitative estimate of drug-likeness (QED) is 0.714. The Labute approximate surface area is 194 Å². The van der Waals surface area contributed by atoms with Gasteiger partial charge in [0, 0.05) is 29.6 Å². The number of aliphatic hydroxyl groups is 1. The molecule has 2 saturated heterocycles. The number of aliphatic hydroxyl groups excluding tert-OH is 1. The van der Waals surface area contributed by atoms with Gasteiger partial charge >= 0.3 is 6.03 Å². The summed E-state index contributed by atoms with van der Waals surface area (Å²) in [5, 5.41) is 12.9. The summed E-state index contributed by atoms with van der Waals surface area (Å²) in [4.78, 5) is 28.9. The van der Waals surface area contributed by atoms with Crippen molar-refractivity contribution in [2.75, 3.05) is 25.0 Å². The van der Waals surface area contributed by atoms with E-state index in [1.54, 1.807) is 9.80 Å². The lowest BCUT2D eigenvalue weighted by atomic mass is 9.73. The smallest absolute Gasteiger partial charge is 0.322 e. The summed E-state index contributed by atoms with van der Waals surface area (Å²) in [7, 11) is 0. The third-order valence-corrected chi connectivity index (χ3v) is 7.14. The highest BCUT2D eigenvalue weighted by Crippen LogP contribution is 2.43. The summed E-state index contributed by atoms with van der Waals surface area (Å²) < 4.78 is 0. The van der Waals surface area contributed by atoms with Crippen LogP contribution in [0.15, 0.2) is 54.6 Å². The molecular weight excluding hydrogens is 414 g/mol. The lowest BCUT2D eigenvalue weighted by Gasteiger charge is -2.58. The van der Waals surface area contributed by atoms with Gasteiger partial charge in [0.15, 0.2) is 0 Å². The molecule has 5 rings (SSSR count). The van der Waals surface area contributed by atoms with Crippen LogP contribution in [0.25, 0.3) is 0 Å². The first kappa shape index (κ1) is 21.5. The van der Waals surface area contributed by atoms with E-state index >= 15 is 0 Å². The molecule has 2 aromatic rings. The molecule has 3 amide bonds. The number of rotatable bonds is 3. The normalized spacial score (nSPS) is 24.5. The molecule has 0 spiro atoms. The van der Waals surface area contributed by atoms with E-state index < -0.39 is 0 Å². The fourth-order valence-corrected chi connectivity index (χ4v) is 5.42. The zero-order valence-corrected chi connectivity index (χ0v) is 18.6. The van der Waals surface area contributed by atoms with Gasteiger partial charge in [-0.1, -0.05) is 55.0 Å². The Bertz CT molecular complexity index is 1070. The van der Waals surface area contributed by atoms with Crippen molar-refractivity contribution in [3.63, 3.8) is 0 Å². The second-order valence-electron chi connectivity index (χ2n) is 9.19. The molecule has 0 bridgehead atoms. The Morgan fingerprint density at radius 3 is 2.48 bits per heavy atom. The van der Waals surface area contributed by atoms with E-state index in [4.69, 9.17) is 0 Å². The summed E-state index contributed by atoms with van der Waals surface area (Å²) in [6.07, 6.45) is 4.95. The van der Waals surface area contributed by atoms with Crippen LogP contribution in [0.2, 0.25) is 0 Å². The summed E-state index contributed by atoms with van der Waals surface area (Å²) in [6, 6.07) is 16.7. The molecule has 3 aliphatic rings. The van der Waals surface area contributed by atoms with Gasteiger partial charge in [0.05, 0.1) is 18.7 Å². The maximum absolute atomic E-state index is 12.8. The van der Waals surface area contributed by atoms with Crippen LogP contribution in [0, 0.1) is 17.8 Å². The van der Waals surface area contributed by atoms with Crippen molar-refractivity contribution in [1.29, 1.82) is 0 Å². The number of amides is 3. The number of hydrogen-bond acceptors (Lipinski definition) is 3. The van der Waals surface area contributed by atoms with Gasteiger partial charge in [0.25, 0.3) is 0 Å². The third kappa shape index (κ3) is 4.34. The average molecular weight is 444 g/mol. The zero-order valence-electron chi connectivity index (χ0n) is 18.6. The predicted molar refractivity (Wildman–Crippen MR) is 127 cm³/mol. The molecule has 0 radical (unpaired) electrons. The van der Waals surface area contributed by atoms with Gasteiger partial charge < -0.3 is 20.2 Å². The maximum atomic E-state index is 12.8.